The smallest absolute Gasteiger partial charge is 0.321 e. The number of guanidine groups is 1. The fourth-order valence-electron chi connectivity index (χ4n) is 3.93. The molecule has 0 bridgehead atoms. The Morgan fingerprint density at radius 3 is 2.23 bits per heavy atom. The molecule has 2 aliphatic heterocycles. The van der Waals surface area contributed by atoms with Crippen LogP contribution >= 0.6 is 0 Å². The quantitative estimate of drug-likeness (QED) is 0.623. The van der Waals surface area contributed by atoms with Gasteiger partial charge in [0.25, 0.3) is 0 Å². The Hall–Kier alpha value is -3.35. The zero-order valence-electron chi connectivity index (χ0n) is 17.0. The number of amides is 1. The van der Waals surface area contributed by atoms with Crippen LogP contribution in [-0.2, 0) is 14.3 Å². The Bertz CT molecular complexity index is 909. The van der Waals surface area contributed by atoms with Crippen LogP contribution < -0.4 is 10.2 Å². The van der Waals surface area contributed by atoms with Crippen molar-refractivity contribution in [1.29, 1.82) is 0 Å². The zero-order valence-corrected chi connectivity index (χ0v) is 17.0. The van der Waals surface area contributed by atoms with E-state index in [2.05, 4.69) is 27.2 Å². The van der Waals surface area contributed by atoms with E-state index < -0.39 is 17.9 Å². The Morgan fingerprint density at radius 1 is 1.00 bits per heavy atom. The molecule has 2 aromatic rings. The van der Waals surface area contributed by atoms with Gasteiger partial charge in [-0.25, -0.2) is 4.99 Å². The van der Waals surface area contributed by atoms with Crippen LogP contribution in [-0.4, -0.2) is 55.5 Å². The fraction of sp³-hybridized carbons (Fsp3) is 0.348. The largest absolute Gasteiger partial charge is 0.465 e. The van der Waals surface area contributed by atoms with Crippen molar-refractivity contribution in [2.24, 2.45) is 10.9 Å². The predicted molar refractivity (Wildman–Crippen MR) is 115 cm³/mol. The van der Waals surface area contributed by atoms with E-state index in [-0.39, 0.29) is 12.5 Å². The number of nitrogens with one attached hydrogen (secondary N) is 1. The number of benzene rings is 2. The van der Waals surface area contributed by atoms with Gasteiger partial charge in [0.1, 0.15) is 6.04 Å². The summed E-state index contributed by atoms with van der Waals surface area (Å²) in [6, 6.07) is 19.1. The van der Waals surface area contributed by atoms with Crippen molar-refractivity contribution in [3.8, 4) is 0 Å². The molecular weight excluding hydrogens is 380 g/mol. The lowest BCUT2D eigenvalue weighted by atomic mass is 9.91. The molecule has 1 amide bonds. The van der Waals surface area contributed by atoms with E-state index in [1.807, 2.05) is 48.5 Å². The van der Waals surface area contributed by atoms with Crippen molar-refractivity contribution in [1.82, 2.24) is 10.2 Å². The van der Waals surface area contributed by atoms with Crippen LogP contribution in [0.15, 0.2) is 65.7 Å². The summed E-state index contributed by atoms with van der Waals surface area (Å²) in [5.74, 6) is -1.36. The molecule has 30 heavy (non-hydrogen) atoms. The zero-order chi connectivity index (χ0) is 20.9. The Kier molecular flexibility index (Phi) is 5.97. The first-order chi connectivity index (χ1) is 14.7. The van der Waals surface area contributed by atoms with Crippen molar-refractivity contribution >= 4 is 23.5 Å². The van der Waals surface area contributed by atoms with Gasteiger partial charge in [0, 0.05) is 31.9 Å². The number of anilines is 1. The highest BCUT2D eigenvalue weighted by Gasteiger charge is 2.42. The van der Waals surface area contributed by atoms with Crippen LogP contribution in [0.25, 0.3) is 0 Å². The molecule has 2 heterocycles. The van der Waals surface area contributed by atoms with Crippen molar-refractivity contribution in [2.45, 2.75) is 13.0 Å². The molecule has 1 saturated heterocycles. The van der Waals surface area contributed by atoms with Gasteiger partial charge in [-0.15, -0.1) is 0 Å². The van der Waals surface area contributed by atoms with Crippen LogP contribution in [0.4, 0.5) is 5.69 Å². The third-order valence-corrected chi connectivity index (χ3v) is 5.48. The number of carbonyl (C=O) groups is 2. The van der Waals surface area contributed by atoms with Crippen LogP contribution in [0, 0.1) is 5.92 Å². The predicted octanol–water partition coefficient (Wildman–Crippen LogP) is 2.22. The lowest BCUT2D eigenvalue weighted by Gasteiger charge is -2.39. The van der Waals surface area contributed by atoms with Crippen molar-refractivity contribution in [3.63, 3.8) is 0 Å². The van der Waals surface area contributed by atoms with E-state index in [1.54, 1.807) is 6.92 Å². The highest BCUT2D eigenvalue weighted by Crippen LogP contribution is 2.31. The number of nitrogens with zero attached hydrogens (tertiary/aromatic N) is 3. The van der Waals surface area contributed by atoms with Gasteiger partial charge in [-0.2, -0.15) is 0 Å². The molecule has 0 radical (unpaired) electrons. The van der Waals surface area contributed by atoms with Gasteiger partial charge in [0.15, 0.2) is 5.92 Å². The van der Waals surface area contributed by atoms with Gasteiger partial charge < -0.3 is 14.5 Å². The number of hydrogen-bond donors (Lipinski definition) is 1. The second-order valence-corrected chi connectivity index (χ2v) is 7.34. The molecule has 0 spiro atoms. The maximum Gasteiger partial charge on any atom is 0.321 e. The monoisotopic (exact) mass is 406 g/mol. The summed E-state index contributed by atoms with van der Waals surface area (Å²) < 4.78 is 5.16. The van der Waals surface area contributed by atoms with Gasteiger partial charge in [-0.3, -0.25) is 14.9 Å². The van der Waals surface area contributed by atoms with E-state index in [9.17, 15) is 9.59 Å². The van der Waals surface area contributed by atoms with Gasteiger partial charge in [0.2, 0.25) is 11.9 Å². The minimum absolute atomic E-state index is 0.224. The minimum atomic E-state index is -0.985. The number of ether oxygens (including phenoxy) is 1. The number of rotatable bonds is 4. The molecular formula is C23H26N4O3. The number of para-hydroxylation sites is 1. The molecule has 1 N–H and O–H groups in total. The summed E-state index contributed by atoms with van der Waals surface area (Å²) in [7, 11) is 0. The molecule has 0 aromatic heterocycles. The van der Waals surface area contributed by atoms with Crippen molar-refractivity contribution in [3.05, 3.63) is 66.2 Å². The number of aliphatic imine (C=N–C) groups is 1. The summed E-state index contributed by atoms with van der Waals surface area (Å²) in [6.45, 7) is 5.09. The first-order valence-corrected chi connectivity index (χ1v) is 10.3. The molecule has 2 aliphatic rings. The molecule has 2 atom stereocenters. The molecule has 7 nitrogen and oxygen atoms in total. The molecule has 156 valence electrons. The summed E-state index contributed by atoms with van der Waals surface area (Å²) in [6.07, 6.45) is 0. The molecule has 2 aromatic carbocycles. The van der Waals surface area contributed by atoms with Crippen molar-refractivity contribution in [2.75, 3.05) is 37.7 Å². The van der Waals surface area contributed by atoms with Gasteiger partial charge in [0.05, 0.1) is 6.61 Å². The fourth-order valence-corrected chi connectivity index (χ4v) is 3.93. The van der Waals surface area contributed by atoms with E-state index in [0.29, 0.717) is 5.96 Å². The van der Waals surface area contributed by atoms with Gasteiger partial charge in [-0.05, 0) is 24.6 Å². The SMILES string of the molecule is CCOC(=O)C1C(=O)NC(N2CCN(c3ccccc3)CC2)=NC1c1ccccc1. The van der Waals surface area contributed by atoms with Crippen LogP contribution in [0.2, 0.25) is 0 Å². The number of esters is 1. The lowest BCUT2D eigenvalue weighted by Crippen LogP contribution is -2.57. The van der Waals surface area contributed by atoms with Crippen LogP contribution in [0.3, 0.4) is 0 Å². The van der Waals surface area contributed by atoms with Gasteiger partial charge in [-0.1, -0.05) is 48.5 Å². The topological polar surface area (TPSA) is 74.2 Å². The maximum absolute atomic E-state index is 12.9. The normalized spacial score (nSPS) is 21.6. The number of carbonyl (C=O) groups excluding carboxylic acids is 2. The van der Waals surface area contributed by atoms with E-state index in [4.69, 9.17) is 9.73 Å². The second-order valence-electron chi connectivity index (χ2n) is 7.34. The standard InChI is InChI=1S/C23H26N4O3/c1-2-30-22(29)19-20(17-9-5-3-6-10-17)24-23(25-21(19)28)27-15-13-26(14-16-27)18-11-7-4-8-12-18/h3-12,19-20H,2,13-16H2,1H3,(H,24,25,28). The molecule has 0 saturated carbocycles. The lowest BCUT2D eigenvalue weighted by molar-refractivity contribution is -0.153. The highest BCUT2D eigenvalue weighted by atomic mass is 16.5. The summed E-state index contributed by atoms with van der Waals surface area (Å²) >= 11 is 0. The third-order valence-electron chi connectivity index (χ3n) is 5.48. The second kappa shape index (κ2) is 8.98. The average molecular weight is 406 g/mol. The first kappa shape index (κ1) is 19.9. The molecule has 7 heteroatoms. The summed E-state index contributed by atoms with van der Waals surface area (Å²) in [5, 5.41) is 2.85. The molecule has 2 unspecified atom stereocenters. The summed E-state index contributed by atoms with van der Waals surface area (Å²) in [4.78, 5) is 34.6. The Labute approximate surface area is 176 Å². The first-order valence-electron chi connectivity index (χ1n) is 10.3. The highest BCUT2D eigenvalue weighted by molar-refractivity contribution is 6.08. The van der Waals surface area contributed by atoms with Crippen molar-refractivity contribution < 1.29 is 14.3 Å². The minimum Gasteiger partial charge on any atom is -0.465 e. The van der Waals surface area contributed by atoms with E-state index >= 15 is 0 Å². The summed E-state index contributed by atoms with van der Waals surface area (Å²) in [5.41, 5.74) is 2.02. The molecule has 1 fully saturated rings. The van der Waals surface area contributed by atoms with Crippen LogP contribution in [0.5, 0.6) is 0 Å². The Balaban J connectivity index is 1.55. The van der Waals surface area contributed by atoms with E-state index in [0.717, 1.165) is 31.7 Å². The maximum atomic E-state index is 12.9. The van der Waals surface area contributed by atoms with Crippen LogP contribution in [0.1, 0.15) is 18.5 Å². The number of hydrogen-bond acceptors (Lipinski definition) is 6. The van der Waals surface area contributed by atoms with E-state index in [1.165, 1.54) is 5.69 Å². The Morgan fingerprint density at radius 2 is 1.60 bits per heavy atom. The molecule has 0 aliphatic carbocycles. The third kappa shape index (κ3) is 4.15. The molecule has 4 rings (SSSR count). The average Bonchev–Trinajstić information content (AvgIpc) is 2.80. The number of piperazine rings is 1. The van der Waals surface area contributed by atoms with Gasteiger partial charge >= 0.3 is 5.97 Å².